The minimum absolute atomic E-state index is 0.312. The Balaban J connectivity index is 1.40. The molecular formula is C18H35N3O2. The summed E-state index contributed by atoms with van der Waals surface area (Å²) in [5.41, 5.74) is 0. The molecule has 1 saturated heterocycles. The maximum Gasteiger partial charge on any atom is 0.191 e. The Morgan fingerprint density at radius 2 is 1.91 bits per heavy atom. The van der Waals surface area contributed by atoms with Gasteiger partial charge < -0.3 is 20.1 Å². The molecule has 0 bridgehead atoms. The number of hydrogen-bond donors (Lipinski definition) is 2. The van der Waals surface area contributed by atoms with Gasteiger partial charge >= 0.3 is 0 Å². The Morgan fingerprint density at radius 1 is 1.09 bits per heavy atom. The van der Waals surface area contributed by atoms with Gasteiger partial charge in [0.05, 0.1) is 19.3 Å². The molecule has 0 aromatic carbocycles. The first kappa shape index (κ1) is 18.5. The number of nitrogens with one attached hydrogen (secondary N) is 2. The molecule has 2 rings (SSSR count). The van der Waals surface area contributed by atoms with E-state index in [9.17, 15) is 0 Å². The smallest absolute Gasteiger partial charge is 0.191 e. The van der Waals surface area contributed by atoms with E-state index in [0.717, 1.165) is 44.6 Å². The maximum atomic E-state index is 5.64. The molecule has 134 valence electrons. The summed E-state index contributed by atoms with van der Waals surface area (Å²) in [7, 11) is 1.82. The third-order valence-corrected chi connectivity index (χ3v) is 4.90. The predicted octanol–water partition coefficient (Wildman–Crippen LogP) is 2.71. The van der Waals surface area contributed by atoms with E-state index in [4.69, 9.17) is 9.47 Å². The van der Waals surface area contributed by atoms with Crippen LogP contribution in [0.25, 0.3) is 0 Å². The number of rotatable bonds is 10. The van der Waals surface area contributed by atoms with Gasteiger partial charge in [0.2, 0.25) is 0 Å². The Kier molecular flexibility index (Phi) is 9.41. The zero-order valence-corrected chi connectivity index (χ0v) is 14.8. The molecule has 1 saturated carbocycles. The summed E-state index contributed by atoms with van der Waals surface area (Å²) < 4.78 is 11.2. The highest BCUT2D eigenvalue weighted by Crippen LogP contribution is 2.28. The number of guanidine groups is 1. The Bertz CT molecular complexity index is 296. The van der Waals surface area contributed by atoms with Gasteiger partial charge in [-0.3, -0.25) is 4.99 Å². The van der Waals surface area contributed by atoms with E-state index in [1.807, 2.05) is 7.05 Å². The van der Waals surface area contributed by atoms with Crippen molar-refractivity contribution < 1.29 is 9.47 Å². The van der Waals surface area contributed by atoms with Gasteiger partial charge in [-0.05, 0) is 25.2 Å². The minimum atomic E-state index is 0.312. The van der Waals surface area contributed by atoms with Gasteiger partial charge in [-0.1, -0.05) is 38.5 Å². The predicted molar refractivity (Wildman–Crippen MR) is 95.0 cm³/mol. The van der Waals surface area contributed by atoms with Crippen molar-refractivity contribution in [2.45, 2.75) is 63.9 Å². The molecule has 0 spiro atoms. The van der Waals surface area contributed by atoms with Crippen molar-refractivity contribution in [3.8, 4) is 0 Å². The molecule has 0 aromatic rings. The van der Waals surface area contributed by atoms with Crippen LogP contribution in [0, 0.1) is 5.92 Å². The molecule has 0 aromatic heterocycles. The van der Waals surface area contributed by atoms with Crippen LogP contribution in [0.15, 0.2) is 4.99 Å². The summed E-state index contributed by atoms with van der Waals surface area (Å²) in [6, 6.07) is 0. The molecule has 1 aliphatic heterocycles. The topological polar surface area (TPSA) is 54.9 Å². The molecule has 1 atom stereocenters. The summed E-state index contributed by atoms with van der Waals surface area (Å²) >= 11 is 0. The van der Waals surface area contributed by atoms with E-state index in [-0.39, 0.29) is 0 Å². The molecule has 2 N–H and O–H groups in total. The zero-order chi connectivity index (χ0) is 16.2. The molecule has 2 fully saturated rings. The number of ether oxygens (including phenoxy) is 2. The summed E-state index contributed by atoms with van der Waals surface area (Å²) in [4.78, 5) is 4.25. The highest BCUT2D eigenvalue weighted by atomic mass is 16.5. The standard InChI is InChI=1S/C18H35N3O2/c1-19-18(20-11-5-4-9-16-7-2-3-8-16)21-12-14-22-15-17-10-6-13-23-17/h16-17H,2-15H2,1H3,(H2,19,20,21). The zero-order valence-electron chi connectivity index (χ0n) is 14.8. The number of unbranched alkanes of at least 4 members (excludes halogenated alkanes) is 1. The number of aliphatic imine (C=N–C) groups is 1. The average Bonchev–Trinajstić information content (AvgIpc) is 3.26. The van der Waals surface area contributed by atoms with Crippen LogP contribution < -0.4 is 10.6 Å². The molecule has 0 radical (unpaired) electrons. The summed E-state index contributed by atoms with van der Waals surface area (Å²) in [5, 5.41) is 6.69. The monoisotopic (exact) mass is 325 g/mol. The van der Waals surface area contributed by atoms with E-state index in [0.29, 0.717) is 12.7 Å². The van der Waals surface area contributed by atoms with Crippen LogP contribution in [0.2, 0.25) is 0 Å². The Morgan fingerprint density at radius 3 is 2.65 bits per heavy atom. The van der Waals surface area contributed by atoms with Crippen LogP contribution in [-0.2, 0) is 9.47 Å². The molecule has 1 unspecified atom stereocenters. The second-order valence-corrected chi connectivity index (χ2v) is 6.78. The van der Waals surface area contributed by atoms with Gasteiger partial charge in [0, 0.05) is 26.7 Å². The van der Waals surface area contributed by atoms with Gasteiger partial charge in [-0.25, -0.2) is 0 Å². The first-order chi connectivity index (χ1) is 11.4. The van der Waals surface area contributed by atoms with Crippen molar-refractivity contribution in [2.24, 2.45) is 10.9 Å². The largest absolute Gasteiger partial charge is 0.377 e. The molecule has 0 amide bonds. The lowest BCUT2D eigenvalue weighted by molar-refractivity contribution is 0.0191. The third-order valence-electron chi connectivity index (χ3n) is 4.90. The highest BCUT2D eigenvalue weighted by molar-refractivity contribution is 5.79. The lowest BCUT2D eigenvalue weighted by Crippen LogP contribution is -2.39. The van der Waals surface area contributed by atoms with Crippen LogP contribution in [-0.4, -0.2) is 52.0 Å². The van der Waals surface area contributed by atoms with Gasteiger partial charge in [0.1, 0.15) is 0 Å². The Labute approximate surface area is 141 Å². The second-order valence-electron chi connectivity index (χ2n) is 6.78. The molecule has 2 aliphatic rings. The van der Waals surface area contributed by atoms with E-state index >= 15 is 0 Å². The number of nitrogens with zero attached hydrogens (tertiary/aromatic N) is 1. The van der Waals surface area contributed by atoms with Crippen LogP contribution >= 0.6 is 0 Å². The molecule has 23 heavy (non-hydrogen) atoms. The van der Waals surface area contributed by atoms with Gasteiger partial charge in [0.15, 0.2) is 5.96 Å². The fourth-order valence-corrected chi connectivity index (χ4v) is 3.52. The quantitative estimate of drug-likeness (QED) is 0.368. The van der Waals surface area contributed by atoms with Crippen LogP contribution in [0.5, 0.6) is 0 Å². The van der Waals surface area contributed by atoms with E-state index in [1.165, 1.54) is 51.4 Å². The van der Waals surface area contributed by atoms with Crippen LogP contribution in [0.3, 0.4) is 0 Å². The molecule has 5 heteroatoms. The van der Waals surface area contributed by atoms with E-state index in [2.05, 4.69) is 15.6 Å². The molecule has 1 heterocycles. The van der Waals surface area contributed by atoms with Gasteiger partial charge in [-0.15, -0.1) is 0 Å². The summed E-state index contributed by atoms with van der Waals surface area (Å²) in [5.74, 6) is 1.89. The maximum absolute atomic E-state index is 5.64. The van der Waals surface area contributed by atoms with Crippen molar-refractivity contribution >= 4 is 5.96 Å². The fourth-order valence-electron chi connectivity index (χ4n) is 3.52. The van der Waals surface area contributed by atoms with E-state index < -0.39 is 0 Å². The highest BCUT2D eigenvalue weighted by Gasteiger charge is 2.15. The second kappa shape index (κ2) is 11.7. The lowest BCUT2D eigenvalue weighted by atomic mass is 10.0. The van der Waals surface area contributed by atoms with Crippen LogP contribution in [0.4, 0.5) is 0 Å². The Hall–Kier alpha value is -0.810. The van der Waals surface area contributed by atoms with Crippen molar-refractivity contribution in [3.05, 3.63) is 0 Å². The van der Waals surface area contributed by atoms with E-state index in [1.54, 1.807) is 0 Å². The van der Waals surface area contributed by atoms with Gasteiger partial charge in [0.25, 0.3) is 0 Å². The molecular weight excluding hydrogens is 290 g/mol. The average molecular weight is 325 g/mol. The lowest BCUT2D eigenvalue weighted by Gasteiger charge is -2.14. The fraction of sp³-hybridized carbons (Fsp3) is 0.944. The summed E-state index contributed by atoms with van der Waals surface area (Å²) in [6.07, 6.45) is 12.4. The molecule has 1 aliphatic carbocycles. The SMILES string of the molecule is CN=C(NCCCCC1CCCC1)NCCOCC1CCCO1. The van der Waals surface area contributed by atoms with Crippen molar-refractivity contribution in [3.63, 3.8) is 0 Å². The molecule has 5 nitrogen and oxygen atoms in total. The van der Waals surface area contributed by atoms with Crippen molar-refractivity contribution in [1.29, 1.82) is 0 Å². The first-order valence-electron chi connectivity index (χ1n) is 9.52. The first-order valence-corrected chi connectivity index (χ1v) is 9.52. The van der Waals surface area contributed by atoms with Gasteiger partial charge in [-0.2, -0.15) is 0 Å². The third kappa shape index (κ3) is 8.02. The summed E-state index contributed by atoms with van der Waals surface area (Å²) in [6.45, 7) is 4.10. The van der Waals surface area contributed by atoms with Crippen molar-refractivity contribution in [2.75, 3.05) is 40.0 Å². The van der Waals surface area contributed by atoms with Crippen molar-refractivity contribution in [1.82, 2.24) is 10.6 Å². The normalized spacial score (nSPS) is 22.7. The minimum Gasteiger partial charge on any atom is -0.377 e. The number of hydrogen-bond acceptors (Lipinski definition) is 3. The van der Waals surface area contributed by atoms with Crippen LogP contribution in [0.1, 0.15) is 57.8 Å².